The number of methoxy groups -OCH3 is 1. The summed E-state index contributed by atoms with van der Waals surface area (Å²) in [6.07, 6.45) is 0.331. The van der Waals surface area contributed by atoms with E-state index >= 15 is 0 Å². The van der Waals surface area contributed by atoms with Gasteiger partial charge < -0.3 is 14.0 Å². The summed E-state index contributed by atoms with van der Waals surface area (Å²) >= 11 is 0. The van der Waals surface area contributed by atoms with Crippen molar-refractivity contribution in [3.8, 4) is 11.5 Å². The van der Waals surface area contributed by atoms with Gasteiger partial charge in [-0.05, 0) is 38.0 Å². The smallest absolute Gasteiger partial charge is 0.269 e. The third-order valence-corrected chi connectivity index (χ3v) is 3.89. The molecular weight excluding hydrogens is 350 g/mol. The van der Waals surface area contributed by atoms with Crippen LogP contribution in [0, 0.1) is 19.8 Å². The maximum Gasteiger partial charge on any atom is 0.269 e. The van der Waals surface area contributed by atoms with Crippen molar-refractivity contribution in [2.24, 2.45) is 5.92 Å². The number of rotatable bonds is 7. The molecule has 0 aliphatic heterocycles. The van der Waals surface area contributed by atoms with Crippen molar-refractivity contribution in [2.45, 2.75) is 40.7 Å². The van der Waals surface area contributed by atoms with Crippen molar-refractivity contribution >= 4 is 11.8 Å². The van der Waals surface area contributed by atoms with E-state index in [1.165, 1.54) is 7.11 Å². The maximum absolute atomic E-state index is 12.2. The van der Waals surface area contributed by atoms with Gasteiger partial charge >= 0.3 is 0 Å². The minimum atomic E-state index is -0.442. The van der Waals surface area contributed by atoms with Gasteiger partial charge in [-0.3, -0.25) is 20.4 Å². The van der Waals surface area contributed by atoms with E-state index in [1.807, 2.05) is 27.7 Å². The molecule has 0 aliphatic carbocycles. The highest BCUT2D eigenvalue weighted by Crippen LogP contribution is 2.29. The molecule has 0 saturated heterocycles. The highest BCUT2D eigenvalue weighted by Gasteiger charge is 2.15. The molecule has 0 fully saturated rings. The Morgan fingerprint density at radius 3 is 2.52 bits per heavy atom. The second-order valence-electron chi connectivity index (χ2n) is 6.56. The Morgan fingerprint density at radius 2 is 1.93 bits per heavy atom. The highest BCUT2D eigenvalue weighted by atomic mass is 16.5. The number of nitrogens with one attached hydrogen (secondary N) is 2. The first-order valence-electron chi connectivity index (χ1n) is 8.63. The number of carbonyl (C=O) groups is 2. The van der Waals surface area contributed by atoms with Gasteiger partial charge in [-0.15, -0.1) is 0 Å². The first-order chi connectivity index (χ1) is 12.8. The fourth-order valence-electron chi connectivity index (χ4n) is 2.41. The van der Waals surface area contributed by atoms with Crippen molar-refractivity contribution in [1.82, 2.24) is 16.0 Å². The minimum absolute atomic E-state index is 0.205. The second-order valence-corrected chi connectivity index (χ2v) is 6.56. The van der Waals surface area contributed by atoms with Gasteiger partial charge in [0, 0.05) is 12.0 Å². The summed E-state index contributed by atoms with van der Waals surface area (Å²) in [6, 6.07) is 4.78. The Bertz CT molecular complexity index is 794. The van der Waals surface area contributed by atoms with Crippen LogP contribution in [0.1, 0.15) is 47.6 Å². The molecular formula is C19H25N3O5. The molecule has 146 valence electrons. The van der Waals surface area contributed by atoms with Crippen LogP contribution in [0.25, 0.3) is 0 Å². The Hall–Kier alpha value is -3.03. The molecule has 8 nitrogen and oxygen atoms in total. The number of hydrogen-bond donors (Lipinski definition) is 2. The summed E-state index contributed by atoms with van der Waals surface area (Å²) in [6.45, 7) is 7.78. The summed E-state index contributed by atoms with van der Waals surface area (Å²) in [5.74, 6) is 1.10. The van der Waals surface area contributed by atoms with Crippen LogP contribution in [-0.4, -0.2) is 24.1 Å². The number of hydrogen-bond acceptors (Lipinski definition) is 6. The van der Waals surface area contributed by atoms with Crippen LogP contribution in [0.5, 0.6) is 11.5 Å². The number of benzene rings is 1. The Balaban J connectivity index is 2.02. The molecule has 27 heavy (non-hydrogen) atoms. The van der Waals surface area contributed by atoms with Gasteiger partial charge in [-0.25, -0.2) is 0 Å². The van der Waals surface area contributed by atoms with E-state index in [0.29, 0.717) is 29.2 Å². The lowest BCUT2D eigenvalue weighted by Gasteiger charge is -2.13. The largest absolute Gasteiger partial charge is 0.493 e. The highest BCUT2D eigenvalue weighted by molar-refractivity contribution is 5.96. The van der Waals surface area contributed by atoms with Crippen LogP contribution < -0.4 is 20.3 Å². The Labute approximate surface area is 158 Å². The molecule has 1 aromatic heterocycles. The average Bonchev–Trinajstić information content (AvgIpc) is 2.95. The fraction of sp³-hybridized carbons (Fsp3) is 0.421. The van der Waals surface area contributed by atoms with Crippen LogP contribution in [-0.2, 0) is 11.4 Å². The number of hydrazine groups is 1. The molecule has 0 spiro atoms. The van der Waals surface area contributed by atoms with Crippen LogP contribution >= 0.6 is 0 Å². The molecule has 0 aliphatic rings. The minimum Gasteiger partial charge on any atom is -0.493 e. The first-order valence-corrected chi connectivity index (χ1v) is 8.63. The molecule has 1 heterocycles. The molecule has 0 bridgehead atoms. The zero-order valence-corrected chi connectivity index (χ0v) is 16.2. The monoisotopic (exact) mass is 375 g/mol. The van der Waals surface area contributed by atoms with Gasteiger partial charge in [0.1, 0.15) is 12.4 Å². The molecule has 8 heteroatoms. The quantitative estimate of drug-likeness (QED) is 0.721. The molecule has 0 unspecified atom stereocenters. The van der Waals surface area contributed by atoms with E-state index < -0.39 is 5.91 Å². The van der Waals surface area contributed by atoms with Gasteiger partial charge in [-0.1, -0.05) is 19.0 Å². The number of aryl methyl sites for hydroxylation is 2. The average molecular weight is 375 g/mol. The predicted octanol–water partition coefficient (Wildman–Crippen LogP) is 2.69. The lowest BCUT2D eigenvalue weighted by atomic mass is 10.1. The van der Waals surface area contributed by atoms with Crippen molar-refractivity contribution in [3.05, 3.63) is 40.8 Å². The van der Waals surface area contributed by atoms with E-state index in [9.17, 15) is 9.59 Å². The molecule has 2 N–H and O–H groups in total. The van der Waals surface area contributed by atoms with Gasteiger partial charge in [0.15, 0.2) is 11.5 Å². The number of aromatic nitrogens is 1. The molecule has 0 saturated carbocycles. The van der Waals surface area contributed by atoms with Crippen LogP contribution in [0.15, 0.2) is 22.7 Å². The first kappa shape index (κ1) is 20.3. The predicted molar refractivity (Wildman–Crippen MR) is 98.4 cm³/mol. The number of nitrogens with zero attached hydrogens (tertiary/aromatic N) is 1. The third kappa shape index (κ3) is 5.47. The topological polar surface area (TPSA) is 103 Å². The van der Waals surface area contributed by atoms with Crippen LogP contribution in [0.3, 0.4) is 0 Å². The number of amides is 2. The zero-order chi connectivity index (χ0) is 20.0. The summed E-state index contributed by atoms with van der Waals surface area (Å²) in [4.78, 5) is 23.8. The summed E-state index contributed by atoms with van der Waals surface area (Å²) in [5, 5.41) is 3.89. The van der Waals surface area contributed by atoms with Gasteiger partial charge in [0.25, 0.3) is 5.91 Å². The SMILES string of the molecule is COc1cc(C(=O)NNC(=O)CC(C)C)ccc1OCc1c(C)noc1C. The molecule has 0 atom stereocenters. The molecule has 2 amide bonds. The van der Waals surface area contributed by atoms with E-state index in [4.69, 9.17) is 14.0 Å². The second kappa shape index (κ2) is 9.07. The fourth-order valence-corrected chi connectivity index (χ4v) is 2.41. The van der Waals surface area contributed by atoms with E-state index in [0.717, 1.165) is 11.3 Å². The van der Waals surface area contributed by atoms with E-state index in [2.05, 4.69) is 16.0 Å². The van der Waals surface area contributed by atoms with Crippen molar-refractivity contribution in [2.75, 3.05) is 7.11 Å². The lowest BCUT2D eigenvalue weighted by molar-refractivity contribution is -0.122. The summed E-state index contributed by atoms with van der Waals surface area (Å²) < 4.78 is 16.2. The van der Waals surface area contributed by atoms with Crippen LogP contribution in [0.2, 0.25) is 0 Å². The molecule has 1 aromatic carbocycles. The standard InChI is InChI=1S/C19H25N3O5/c1-11(2)8-18(23)20-21-19(24)14-6-7-16(17(9-14)25-5)26-10-15-12(3)22-27-13(15)4/h6-7,9,11H,8,10H2,1-5H3,(H,20,23)(H,21,24). The number of ether oxygens (including phenoxy) is 2. The van der Waals surface area contributed by atoms with Crippen molar-refractivity contribution in [3.63, 3.8) is 0 Å². The number of carbonyl (C=O) groups excluding carboxylic acids is 2. The van der Waals surface area contributed by atoms with Crippen molar-refractivity contribution < 1.29 is 23.6 Å². The van der Waals surface area contributed by atoms with E-state index in [1.54, 1.807) is 18.2 Å². The summed E-state index contributed by atoms with van der Waals surface area (Å²) in [5.41, 5.74) is 6.75. The Morgan fingerprint density at radius 1 is 1.19 bits per heavy atom. The zero-order valence-electron chi connectivity index (χ0n) is 16.2. The molecule has 2 rings (SSSR count). The third-order valence-electron chi connectivity index (χ3n) is 3.89. The maximum atomic E-state index is 12.2. The van der Waals surface area contributed by atoms with E-state index in [-0.39, 0.29) is 18.4 Å². The Kier molecular flexibility index (Phi) is 6.81. The lowest BCUT2D eigenvalue weighted by Crippen LogP contribution is -2.42. The van der Waals surface area contributed by atoms with Crippen molar-refractivity contribution in [1.29, 1.82) is 0 Å². The normalized spacial score (nSPS) is 10.6. The molecule has 0 radical (unpaired) electrons. The molecule has 2 aromatic rings. The van der Waals surface area contributed by atoms with Gasteiger partial charge in [0.2, 0.25) is 5.91 Å². The van der Waals surface area contributed by atoms with Crippen LogP contribution in [0.4, 0.5) is 0 Å². The van der Waals surface area contributed by atoms with Gasteiger partial charge in [-0.2, -0.15) is 0 Å². The summed E-state index contributed by atoms with van der Waals surface area (Å²) in [7, 11) is 1.49. The van der Waals surface area contributed by atoms with Gasteiger partial charge in [0.05, 0.1) is 18.4 Å².